The number of methoxy groups -OCH3 is 2. The van der Waals surface area contributed by atoms with Crippen molar-refractivity contribution < 1.29 is 34.0 Å². The standard InChI is InChI=1S/C28H38O7/c1-18(2)6-9-21(22-10-13-26(32)28(16-22)34-5)15-23(30)17-24(35-19(3)29)11-7-20-8-12-25(31)27(14-20)33-4/h8,10,12-14,16,18,21,24,31-32H,6-7,9,11,15,17H2,1-5H3/t21-,24+/m0/s1. The Labute approximate surface area is 208 Å². The quantitative estimate of drug-likeness (QED) is 0.338. The minimum atomic E-state index is -0.542. The Kier molecular flexibility index (Phi) is 10.9. The Balaban J connectivity index is 2.11. The minimum Gasteiger partial charge on any atom is -0.504 e. The molecule has 0 fully saturated rings. The lowest BCUT2D eigenvalue weighted by Crippen LogP contribution is -2.22. The second-order valence-electron chi connectivity index (χ2n) is 9.32. The van der Waals surface area contributed by atoms with E-state index in [0.717, 1.165) is 24.0 Å². The molecule has 192 valence electrons. The highest BCUT2D eigenvalue weighted by molar-refractivity contribution is 5.80. The van der Waals surface area contributed by atoms with E-state index in [-0.39, 0.29) is 29.6 Å². The summed E-state index contributed by atoms with van der Waals surface area (Å²) < 4.78 is 15.9. The summed E-state index contributed by atoms with van der Waals surface area (Å²) in [6.07, 6.45) is 2.71. The average molecular weight is 487 g/mol. The van der Waals surface area contributed by atoms with Crippen LogP contribution in [0.3, 0.4) is 0 Å². The number of benzene rings is 2. The molecule has 0 spiro atoms. The van der Waals surface area contributed by atoms with Gasteiger partial charge in [0.05, 0.1) is 14.2 Å². The number of carbonyl (C=O) groups is 2. The summed E-state index contributed by atoms with van der Waals surface area (Å²) in [5.41, 5.74) is 1.85. The van der Waals surface area contributed by atoms with Gasteiger partial charge in [0.2, 0.25) is 0 Å². The number of aromatic hydroxyl groups is 2. The van der Waals surface area contributed by atoms with Gasteiger partial charge in [0, 0.05) is 19.8 Å². The normalized spacial score (nSPS) is 12.7. The fourth-order valence-corrected chi connectivity index (χ4v) is 4.12. The van der Waals surface area contributed by atoms with Gasteiger partial charge in [-0.2, -0.15) is 0 Å². The number of phenolic OH excluding ortho intramolecular Hbond substituents is 2. The molecule has 2 aromatic carbocycles. The largest absolute Gasteiger partial charge is 0.504 e. The third kappa shape index (κ3) is 9.15. The summed E-state index contributed by atoms with van der Waals surface area (Å²) in [7, 11) is 2.99. The van der Waals surface area contributed by atoms with E-state index in [1.165, 1.54) is 21.1 Å². The first-order valence-corrected chi connectivity index (χ1v) is 12.0. The topological polar surface area (TPSA) is 102 Å². The van der Waals surface area contributed by atoms with E-state index in [1.807, 2.05) is 6.07 Å². The van der Waals surface area contributed by atoms with Crippen molar-refractivity contribution >= 4 is 11.8 Å². The molecule has 0 saturated carbocycles. The molecule has 0 aliphatic rings. The van der Waals surface area contributed by atoms with E-state index >= 15 is 0 Å². The van der Waals surface area contributed by atoms with Gasteiger partial charge >= 0.3 is 5.97 Å². The second kappa shape index (κ2) is 13.6. The van der Waals surface area contributed by atoms with Crippen LogP contribution in [0.25, 0.3) is 0 Å². The van der Waals surface area contributed by atoms with Gasteiger partial charge in [-0.15, -0.1) is 0 Å². The van der Waals surface area contributed by atoms with Gasteiger partial charge in [-0.25, -0.2) is 0 Å². The lowest BCUT2D eigenvalue weighted by atomic mass is 9.86. The Morgan fingerprint density at radius 1 is 0.857 bits per heavy atom. The third-order valence-corrected chi connectivity index (χ3v) is 6.03. The SMILES string of the molecule is COc1cc(CC[C@H](CC(=O)C[C@H](CCC(C)C)c2ccc(O)c(OC)c2)OC(C)=O)ccc1O. The third-order valence-electron chi connectivity index (χ3n) is 6.03. The van der Waals surface area contributed by atoms with Crippen LogP contribution in [0, 0.1) is 5.92 Å². The number of ether oxygens (including phenoxy) is 3. The van der Waals surface area contributed by atoms with Gasteiger partial charge in [-0.3, -0.25) is 9.59 Å². The van der Waals surface area contributed by atoms with Crippen LogP contribution in [-0.2, 0) is 20.7 Å². The van der Waals surface area contributed by atoms with Crippen molar-refractivity contribution in [2.24, 2.45) is 5.92 Å². The molecule has 0 aliphatic carbocycles. The molecule has 2 N–H and O–H groups in total. The molecule has 0 bridgehead atoms. The van der Waals surface area contributed by atoms with Gasteiger partial charge in [0.25, 0.3) is 0 Å². The fourth-order valence-electron chi connectivity index (χ4n) is 4.12. The molecule has 7 nitrogen and oxygen atoms in total. The Morgan fingerprint density at radius 3 is 2.09 bits per heavy atom. The van der Waals surface area contributed by atoms with Gasteiger partial charge in [-0.1, -0.05) is 32.4 Å². The highest BCUT2D eigenvalue weighted by Crippen LogP contribution is 2.34. The first-order valence-electron chi connectivity index (χ1n) is 12.0. The monoisotopic (exact) mass is 486 g/mol. The van der Waals surface area contributed by atoms with Crippen LogP contribution in [0.2, 0.25) is 0 Å². The van der Waals surface area contributed by atoms with Crippen molar-refractivity contribution in [3.63, 3.8) is 0 Å². The maximum atomic E-state index is 13.1. The van der Waals surface area contributed by atoms with E-state index in [9.17, 15) is 19.8 Å². The van der Waals surface area contributed by atoms with Gasteiger partial charge < -0.3 is 24.4 Å². The van der Waals surface area contributed by atoms with Crippen LogP contribution in [-0.4, -0.2) is 42.3 Å². The highest BCUT2D eigenvalue weighted by Gasteiger charge is 2.22. The van der Waals surface area contributed by atoms with Crippen molar-refractivity contribution in [3.05, 3.63) is 47.5 Å². The number of Topliss-reactive ketones (excluding diaryl/α,β-unsaturated/α-hetero) is 1. The lowest BCUT2D eigenvalue weighted by Gasteiger charge is -2.21. The summed E-state index contributed by atoms with van der Waals surface area (Å²) >= 11 is 0. The van der Waals surface area contributed by atoms with E-state index in [4.69, 9.17) is 14.2 Å². The van der Waals surface area contributed by atoms with E-state index in [1.54, 1.807) is 30.3 Å². The molecular formula is C28H38O7. The number of carbonyl (C=O) groups excluding carboxylic acids is 2. The predicted molar refractivity (Wildman–Crippen MR) is 134 cm³/mol. The molecule has 0 saturated heterocycles. The maximum Gasteiger partial charge on any atom is 0.302 e. The van der Waals surface area contributed by atoms with E-state index in [2.05, 4.69) is 13.8 Å². The zero-order valence-corrected chi connectivity index (χ0v) is 21.4. The van der Waals surface area contributed by atoms with E-state index < -0.39 is 12.1 Å². The van der Waals surface area contributed by atoms with Gasteiger partial charge in [0.1, 0.15) is 11.9 Å². The summed E-state index contributed by atoms with van der Waals surface area (Å²) in [6.45, 7) is 5.63. The predicted octanol–water partition coefficient (Wildman–Crippen LogP) is 5.55. The van der Waals surface area contributed by atoms with Crippen LogP contribution in [0.1, 0.15) is 69.9 Å². The summed E-state index contributed by atoms with van der Waals surface area (Å²) in [6, 6.07) is 10.3. The number of hydrogen-bond acceptors (Lipinski definition) is 7. The van der Waals surface area contributed by atoms with Crippen molar-refractivity contribution in [3.8, 4) is 23.0 Å². The first-order chi connectivity index (χ1) is 16.6. The zero-order valence-electron chi connectivity index (χ0n) is 21.4. The number of ketones is 1. The first kappa shape index (κ1) is 28.0. The molecule has 0 unspecified atom stereocenters. The molecule has 0 aliphatic heterocycles. The second-order valence-corrected chi connectivity index (χ2v) is 9.32. The summed E-state index contributed by atoms with van der Waals surface area (Å²) in [5, 5.41) is 19.8. The summed E-state index contributed by atoms with van der Waals surface area (Å²) in [5.74, 6) is 0.922. The number of hydrogen-bond donors (Lipinski definition) is 2. The molecule has 2 atom stereocenters. The Bertz CT molecular complexity index is 983. The molecule has 0 amide bonds. The maximum absolute atomic E-state index is 13.1. The minimum absolute atomic E-state index is 0.0142. The molecule has 7 heteroatoms. The molecule has 0 aromatic heterocycles. The molecule has 0 radical (unpaired) electrons. The van der Waals surface area contributed by atoms with E-state index in [0.29, 0.717) is 36.7 Å². The number of aryl methyl sites for hydroxylation is 1. The van der Waals surface area contributed by atoms with Crippen LogP contribution in [0.4, 0.5) is 0 Å². The smallest absolute Gasteiger partial charge is 0.302 e. The van der Waals surface area contributed by atoms with Crippen LogP contribution in [0.15, 0.2) is 36.4 Å². The highest BCUT2D eigenvalue weighted by atomic mass is 16.5. The fraction of sp³-hybridized carbons (Fsp3) is 0.500. The lowest BCUT2D eigenvalue weighted by molar-refractivity contribution is -0.147. The van der Waals surface area contributed by atoms with Crippen molar-refractivity contribution in [1.29, 1.82) is 0 Å². The number of phenols is 2. The van der Waals surface area contributed by atoms with Gasteiger partial charge in [0.15, 0.2) is 23.0 Å². The van der Waals surface area contributed by atoms with Crippen molar-refractivity contribution in [2.45, 2.75) is 71.3 Å². The summed E-state index contributed by atoms with van der Waals surface area (Å²) in [4.78, 5) is 24.8. The van der Waals surface area contributed by atoms with Gasteiger partial charge in [-0.05, 0) is 66.5 Å². The van der Waals surface area contributed by atoms with Crippen LogP contribution >= 0.6 is 0 Å². The molecule has 2 rings (SSSR count). The van der Waals surface area contributed by atoms with Crippen molar-refractivity contribution in [2.75, 3.05) is 14.2 Å². The average Bonchev–Trinajstić information content (AvgIpc) is 2.81. The molecule has 0 heterocycles. The Hall–Kier alpha value is -3.22. The molecule has 35 heavy (non-hydrogen) atoms. The van der Waals surface area contributed by atoms with Crippen molar-refractivity contribution in [1.82, 2.24) is 0 Å². The molecular weight excluding hydrogens is 448 g/mol. The van der Waals surface area contributed by atoms with Crippen LogP contribution in [0.5, 0.6) is 23.0 Å². The van der Waals surface area contributed by atoms with Crippen LogP contribution < -0.4 is 9.47 Å². The number of esters is 1. The number of rotatable bonds is 14. The molecule has 2 aromatic rings. The zero-order chi connectivity index (χ0) is 26.0. The Morgan fingerprint density at radius 2 is 1.49 bits per heavy atom.